The Labute approximate surface area is 129 Å². The fourth-order valence-electron chi connectivity index (χ4n) is 1.82. The van der Waals surface area contributed by atoms with E-state index in [4.69, 9.17) is 21.5 Å². The number of nitrogens with two attached hydrogens (primary N) is 1. The molecule has 1 amide bonds. The molecule has 0 saturated carbocycles. The van der Waals surface area contributed by atoms with E-state index < -0.39 is 15.9 Å². The fourth-order valence-corrected chi connectivity index (χ4v) is 3.65. The number of rotatable bonds is 3. The number of hydrogen-bond acceptors (Lipinski definition) is 4. The topological polar surface area (TPSA) is 98.5 Å². The van der Waals surface area contributed by atoms with Crippen LogP contribution in [0.25, 0.3) is 0 Å². The number of benzene rings is 1. The van der Waals surface area contributed by atoms with E-state index in [1.165, 1.54) is 12.1 Å². The second kappa shape index (κ2) is 5.98. The summed E-state index contributed by atoms with van der Waals surface area (Å²) in [5, 5.41) is 7.94. The maximum Gasteiger partial charge on any atom is 0.251 e. The van der Waals surface area contributed by atoms with Gasteiger partial charge in [0.05, 0.1) is 27.0 Å². The van der Waals surface area contributed by atoms with Gasteiger partial charge in [-0.1, -0.05) is 11.6 Å². The van der Waals surface area contributed by atoms with Crippen LogP contribution in [0.3, 0.4) is 0 Å². The smallest absolute Gasteiger partial charge is 0.251 e. The van der Waals surface area contributed by atoms with Crippen molar-refractivity contribution in [3.63, 3.8) is 0 Å². The summed E-state index contributed by atoms with van der Waals surface area (Å²) in [5.41, 5.74) is 0.133. The molecule has 6 nitrogen and oxygen atoms in total. The van der Waals surface area contributed by atoms with Crippen molar-refractivity contribution < 1.29 is 17.9 Å². The number of nitrogens with one attached hydrogen (secondary N) is 1. The highest BCUT2D eigenvalue weighted by molar-refractivity contribution is 9.10. The lowest BCUT2D eigenvalue weighted by Crippen LogP contribution is -2.35. The van der Waals surface area contributed by atoms with E-state index >= 15 is 0 Å². The van der Waals surface area contributed by atoms with E-state index in [2.05, 4.69) is 21.2 Å². The molecule has 1 aromatic carbocycles. The molecule has 110 valence electrons. The molecule has 1 aromatic rings. The summed E-state index contributed by atoms with van der Waals surface area (Å²) in [4.78, 5) is 11.8. The van der Waals surface area contributed by atoms with Gasteiger partial charge in [-0.15, -0.1) is 0 Å². The molecule has 1 aliphatic rings. The minimum absolute atomic E-state index is 0.0807. The Balaban J connectivity index is 2.32. The molecule has 9 heteroatoms. The lowest BCUT2D eigenvalue weighted by atomic mass is 10.2. The first-order valence-corrected chi connectivity index (χ1v) is 8.41. The quantitative estimate of drug-likeness (QED) is 0.821. The number of amides is 1. The van der Waals surface area contributed by atoms with Crippen LogP contribution in [0.15, 0.2) is 21.5 Å². The summed E-state index contributed by atoms with van der Waals surface area (Å²) < 4.78 is 28.2. The van der Waals surface area contributed by atoms with Gasteiger partial charge in [0, 0.05) is 12.2 Å². The average Bonchev–Trinajstić information content (AvgIpc) is 2.83. The van der Waals surface area contributed by atoms with Crippen LogP contribution in [0.4, 0.5) is 0 Å². The highest BCUT2D eigenvalue weighted by Crippen LogP contribution is 2.30. The molecular formula is C11H12BrClN2O4S. The van der Waals surface area contributed by atoms with Crippen molar-refractivity contribution >= 4 is 43.5 Å². The zero-order valence-corrected chi connectivity index (χ0v) is 13.4. The first kappa shape index (κ1) is 15.7. The summed E-state index contributed by atoms with van der Waals surface area (Å²) in [7, 11) is -3.98. The molecule has 1 saturated heterocycles. The van der Waals surface area contributed by atoms with Gasteiger partial charge in [-0.3, -0.25) is 4.79 Å². The van der Waals surface area contributed by atoms with Gasteiger partial charge in [0.15, 0.2) is 0 Å². The van der Waals surface area contributed by atoms with E-state index in [-0.39, 0.29) is 26.0 Å². The second-order valence-electron chi connectivity index (χ2n) is 4.35. The van der Waals surface area contributed by atoms with Gasteiger partial charge in [0.1, 0.15) is 0 Å². The van der Waals surface area contributed by atoms with Gasteiger partial charge in [0.2, 0.25) is 10.0 Å². The third kappa shape index (κ3) is 3.50. The maximum absolute atomic E-state index is 12.1. The van der Waals surface area contributed by atoms with Crippen molar-refractivity contribution in [1.82, 2.24) is 5.32 Å². The van der Waals surface area contributed by atoms with Gasteiger partial charge in [0.25, 0.3) is 5.91 Å². The predicted octanol–water partition coefficient (Wildman–Crippen LogP) is 1.27. The van der Waals surface area contributed by atoms with Crippen LogP contribution in [0, 0.1) is 0 Å². The Kier molecular flexibility index (Phi) is 4.70. The standard InChI is InChI=1S/C11H12BrClN2O4S/c12-10-8(13)3-6(4-9(10)20(14,17)18)11(16)15-7-1-2-19-5-7/h3-4,7H,1-2,5H2,(H,15,16)(H2,14,17,18). The molecule has 1 heterocycles. The van der Waals surface area contributed by atoms with Crippen molar-refractivity contribution in [2.75, 3.05) is 13.2 Å². The average molecular weight is 384 g/mol. The second-order valence-corrected chi connectivity index (χ2v) is 7.08. The number of ether oxygens (including phenoxy) is 1. The molecule has 1 aliphatic heterocycles. The molecule has 1 fully saturated rings. The molecule has 0 bridgehead atoms. The van der Waals surface area contributed by atoms with Crippen LogP contribution < -0.4 is 10.5 Å². The number of hydrogen-bond donors (Lipinski definition) is 2. The molecule has 2 rings (SSSR count). The predicted molar refractivity (Wildman–Crippen MR) is 77.2 cm³/mol. The Morgan fingerprint density at radius 1 is 1.50 bits per heavy atom. The summed E-state index contributed by atoms with van der Waals surface area (Å²) in [5.74, 6) is -0.417. The zero-order chi connectivity index (χ0) is 14.9. The molecule has 20 heavy (non-hydrogen) atoms. The van der Waals surface area contributed by atoms with Crippen LogP contribution in [0.1, 0.15) is 16.8 Å². The number of carbonyl (C=O) groups excluding carboxylic acids is 1. The number of halogens is 2. The highest BCUT2D eigenvalue weighted by Gasteiger charge is 2.22. The zero-order valence-electron chi connectivity index (χ0n) is 10.2. The van der Waals surface area contributed by atoms with Crippen molar-refractivity contribution in [3.05, 3.63) is 27.2 Å². The van der Waals surface area contributed by atoms with Crippen molar-refractivity contribution in [2.45, 2.75) is 17.4 Å². The molecule has 1 atom stereocenters. The molecule has 0 aromatic heterocycles. The van der Waals surface area contributed by atoms with Gasteiger partial charge in [-0.25, -0.2) is 13.6 Å². The molecule has 0 radical (unpaired) electrons. The Bertz CT molecular complexity index is 644. The third-order valence-corrected chi connectivity index (χ3v) is 5.41. The Hall–Kier alpha value is -0.670. The minimum atomic E-state index is -3.98. The molecule has 0 aliphatic carbocycles. The first-order chi connectivity index (χ1) is 9.29. The van der Waals surface area contributed by atoms with Gasteiger partial charge < -0.3 is 10.1 Å². The van der Waals surface area contributed by atoms with E-state index in [9.17, 15) is 13.2 Å². The van der Waals surface area contributed by atoms with Crippen LogP contribution in [0.2, 0.25) is 5.02 Å². The first-order valence-electron chi connectivity index (χ1n) is 5.69. The summed E-state index contributed by atoms with van der Waals surface area (Å²) in [6.45, 7) is 1.03. The Morgan fingerprint density at radius 3 is 2.75 bits per heavy atom. The lowest BCUT2D eigenvalue weighted by Gasteiger charge is -2.12. The largest absolute Gasteiger partial charge is 0.379 e. The van der Waals surface area contributed by atoms with Crippen molar-refractivity contribution in [3.8, 4) is 0 Å². The minimum Gasteiger partial charge on any atom is -0.379 e. The lowest BCUT2D eigenvalue weighted by molar-refractivity contribution is 0.0929. The molecule has 0 spiro atoms. The van der Waals surface area contributed by atoms with E-state index in [1.54, 1.807) is 0 Å². The highest BCUT2D eigenvalue weighted by atomic mass is 79.9. The van der Waals surface area contributed by atoms with Gasteiger partial charge in [-0.05, 0) is 34.5 Å². The summed E-state index contributed by atoms with van der Waals surface area (Å²) in [6, 6.07) is 2.49. The molecular weight excluding hydrogens is 372 g/mol. The number of primary sulfonamides is 1. The van der Waals surface area contributed by atoms with Crippen LogP contribution in [0.5, 0.6) is 0 Å². The van der Waals surface area contributed by atoms with E-state index in [1.807, 2.05) is 0 Å². The van der Waals surface area contributed by atoms with Crippen molar-refractivity contribution in [2.24, 2.45) is 5.14 Å². The third-order valence-electron chi connectivity index (χ3n) is 2.83. The van der Waals surface area contributed by atoms with Crippen LogP contribution >= 0.6 is 27.5 Å². The molecule has 1 unspecified atom stereocenters. The monoisotopic (exact) mass is 382 g/mol. The van der Waals surface area contributed by atoms with E-state index in [0.717, 1.165) is 6.42 Å². The summed E-state index contributed by atoms with van der Waals surface area (Å²) in [6.07, 6.45) is 0.720. The van der Waals surface area contributed by atoms with Crippen molar-refractivity contribution in [1.29, 1.82) is 0 Å². The fraction of sp³-hybridized carbons (Fsp3) is 0.364. The van der Waals surface area contributed by atoms with Gasteiger partial charge in [-0.2, -0.15) is 0 Å². The van der Waals surface area contributed by atoms with Crippen LogP contribution in [-0.4, -0.2) is 33.6 Å². The summed E-state index contributed by atoms with van der Waals surface area (Å²) >= 11 is 8.96. The SMILES string of the molecule is NS(=O)(=O)c1cc(C(=O)NC2CCOC2)cc(Cl)c1Br. The number of sulfonamides is 1. The van der Waals surface area contributed by atoms with Crippen LogP contribution in [-0.2, 0) is 14.8 Å². The normalized spacial score (nSPS) is 19.1. The molecule has 3 N–H and O–H groups in total. The Morgan fingerprint density at radius 2 is 2.20 bits per heavy atom. The van der Waals surface area contributed by atoms with E-state index in [0.29, 0.717) is 13.2 Å². The number of carbonyl (C=O) groups is 1. The maximum atomic E-state index is 12.1. The van der Waals surface area contributed by atoms with Gasteiger partial charge >= 0.3 is 0 Å².